The molecule has 0 fully saturated rings. The van der Waals surface area contributed by atoms with Crippen molar-refractivity contribution < 1.29 is 9.47 Å². The normalized spacial score (nSPS) is 12.1. The number of nitrogens with zero attached hydrogens (tertiary/aromatic N) is 1. The molecule has 4 heteroatoms. The second kappa shape index (κ2) is 6.35. The standard InChI is InChI=1S/C13H22N2O2/c1-5-15(10(2)9-14)11-6-7-12(16-3)13(8-11)17-4/h6-8,10H,5,9,14H2,1-4H3. The van der Waals surface area contributed by atoms with Gasteiger partial charge in [0.05, 0.1) is 14.2 Å². The molecule has 1 unspecified atom stereocenters. The van der Waals surface area contributed by atoms with E-state index in [-0.39, 0.29) is 0 Å². The Hall–Kier alpha value is -1.42. The molecule has 0 aliphatic carbocycles. The van der Waals surface area contributed by atoms with Crippen LogP contribution in [-0.2, 0) is 0 Å². The lowest BCUT2D eigenvalue weighted by Gasteiger charge is -2.29. The quantitative estimate of drug-likeness (QED) is 0.822. The Morgan fingerprint density at radius 3 is 2.35 bits per heavy atom. The largest absolute Gasteiger partial charge is 0.493 e. The summed E-state index contributed by atoms with van der Waals surface area (Å²) < 4.78 is 10.5. The van der Waals surface area contributed by atoms with Crippen molar-refractivity contribution in [3.05, 3.63) is 18.2 Å². The summed E-state index contributed by atoms with van der Waals surface area (Å²) >= 11 is 0. The molecule has 96 valence electrons. The van der Waals surface area contributed by atoms with Crippen LogP contribution in [0, 0.1) is 0 Å². The number of rotatable bonds is 6. The lowest BCUT2D eigenvalue weighted by Crippen LogP contribution is -2.38. The molecular weight excluding hydrogens is 216 g/mol. The molecule has 0 saturated heterocycles. The van der Waals surface area contributed by atoms with Gasteiger partial charge in [0.15, 0.2) is 11.5 Å². The average Bonchev–Trinajstić information content (AvgIpc) is 2.38. The Labute approximate surface area is 103 Å². The third-order valence-electron chi connectivity index (χ3n) is 2.91. The van der Waals surface area contributed by atoms with Gasteiger partial charge in [-0.2, -0.15) is 0 Å². The van der Waals surface area contributed by atoms with E-state index in [2.05, 4.69) is 18.7 Å². The Balaban J connectivity index is 3.04. The fourth-order valence-corrected chi connectivity index (χ4v) is 1.88. The number of methoxy groups -OCH3 is 2. The summed E-state index contributed by atoms with van der Waals surface area (Å²) in [6.45, 7) is 5.76. The van der Waals surface area contributed by atoms with E-state index in [0.29, 0.717) is 12.6 Å². The number of anilines is 1. The molecule has 0 spiro atoms. The highest BCUT2D eigenvalue weighted by Gasteiger charge is 2.13. The van der Waals surface area contributed by atoms with E-state index >= 15 is 0 Å². The van der Waals surface area contributed by atoms with Gasteiger partial charge in [-0.15, -0.1) is 0 Å². The van der Waals surface area contributed by atoms with E-state index in [1.54, 1.807) is 14.2 Å². The van der Waals surface area contributed by atoms with E-state index in [1.807, 2.05) is 18.2 Å². The summed E-state index contributed by atoms with van der Waals surface area (Å²) in [6, 6.07) is 6.23. The van der Waals surface area contributed by atoms with Crippen LogP contribution in [0.5, 0.6) is 11.5 Å². The molecule has 0 aliphatic rings. The lowest BCUT2D eigenvalue weighted by molar-refractivity contribution is 0.355. The monoisotopic (exact) mass is 238 g/mol. The van der Waals surface area contributed by atoms with Gasteiger partial charge in [0.2, 0.25) is 0 Å². The van der Waals surface area contributed by atoms with Gasteiger partial charge in [0, 0.05) is 30.9 Å². The van der Waals surface area contributed by atoms with Crippen molar-refractivity contribution in [2.45, 2.75) is 19.9 Å². The van der Waals surface area contributed by atoms with Gasteiger partial charge in [-0.25, -0.2) is 0 Å². The van der Waals surface area contributed by atoms with Crippen LogP contribution in [-0.4, -0.2) is 33.4 Å². The van der Waals surface area contributed by atoms with Crippen molar-refractivity contribution >= 4 is 5.69 Å². The summed E-state index contributed by atoms with van der Waals surface area (Å²) in [7, 11) is 3.28. The van der Waals surface area contributed by atoms with E-state index in [4.69, 9.17) is 15.2 Å². The molecule has 0 amide bonds. The van der Waals surface area contributed by atoms with Crippen LogP contribution in [0.4, 0.5) is 5.69 Å². The number of nitrogens with two attached hydrogens (primary N) is 1. The Kier molecular flexibility index (Phi) is 5.10. The third-order valence-corrected chi connectivity index (χ3v) is 2.91. The fraction of sp³-hybridized carbons (Fsp3) is 0.538. The summed E-state index contributed by atoms with van der Waals surface area (Å²) in [5.74, 6) is 1.49. The number of hydrogen-bond donors (Lipinski definition) is 1. The molecule has 17 heavy (non-hydrogen) atoms. The highest BCUT2D eigenvalue weighted by Crippen LogP contribution is 2.31. The van der Waals surface area contributed by atoms with Gasteiger partial charge < -0.3 is 20.1 Å². The smallest absolute Gasteiger partial charge is 0.162 e. The molecule has 2 N–H and O–H groups in total. The van der Waals surface area contributed by atoms with Crippen LogP contribution >= 0.6 is 0 Å². The Morgan fingerprint density at radius 1 is 1.24 bits per heavy atom. The van der Waals surface area contributed by atoms with Gasteiger partial charge in [0.1, 0.15) is 0 Å². The van der Waals surface area contributed by atoms with E-state index < -0.39 is 0 Å². The number of ether oxygens (including phenoxy) is 2. The molecule has 1 aromatic carbocycles. The van der Waals surface area contributed by atoms with E-state index in [0.717, 1.165) is 23.7 Å². The Bertz CT molecular complexity index is 355. The second-order valence-electron chi connectivity index (χ2n) is 3.91. The first-order valence-corrected chi connectivity index (χ1v) is 5.86. The topological polar surface area (TPSA) is 47.7 Å². The maximum Gasteiger partial charge on any atom is 0.162 e. The van der Waals surface area contributed by atoms with Crippen molar-refractivity contribution in [3.8, 4) is 11.5 Å². The van der Waals surface area contributed by atoms with Crippen molar-refractivity contribution in [2.75, 3.05) is 32.2 Å². The second-order valence-corrected chi connectivity index (χ2v) is 3.91. The summed E-state index contributed by atoms with van der Waals surface area (Å²) in [6.07, 6.45) is 0. The van der Waals surface area contributed by atoms with Crippen molar-refractivity contribution in [2.24, 2.45) is 5.73 Å². The van der Waals surface area contributed by atoms with Crippen molar-refractivity contribution in [3.63, 3.8) is 0 Å². The molecule has 1 atom stereocenters. The molecule has 0 heterocycles. The summed E-state index contributed by atoms with van der Waals surface area (Å²) in [5.41, 5.74) is 6.81. The molecule has 0 bridgehead atoms. The first-order chi connectivity index (χ1) is 8.17. The first-order valence-electron chi connectivity index (χ1n) is 5.86. The zero-order valence-corrected chi connectivity index (χ0v) is 11.1. The molecule has 1 rings (SSSR count). The Morgan fingerprint density at radius 2 is 1.88 bits per heavy atom. The minimum atomic E-state index is 0.304. The molecule has 0 saturated carbocycles. The first kappa shape index (κ1) is 13.6. The summed E-state index contributed by atoms with van der Waals surface area (Å²) in [5, 5.41) is 0. The zero-order chi connectivity index (χ0) is 12.8. The van der Waals surface area contributed by atoms with E-state index in [9.17, 15) is 0 Å². The molecule has 0 aromatic heterocycles. The molecular formula is C13H22N2O2. The summed E-state index contributed by atoms with van der Waals surface area (Å²) in [4.78, 5) is 2.24. The van der Waals surface area contributed by atoms with Crippen molar-refractivity contribution in [1.82, 2.24) is 0 Å². The predicted octanol–water partition coefficient (Wildman–Crippen LogP) is 1.88. The minimum absolute atomic E-state index is 0.304. The lowest BCUT2D eigenvalue weighted by atomic mass is 10.2. The SMILES string of the molecule is CCN(c1ccc(OC)c(OC)c1)C(C)CN. The van der Waals surface area contributed by atoms with Crippen LogP contribution in [0.25, 0.3) is 0 Å². The minimum Gasteiger partial charge on any atom is -0.493 e. The van der Waals surface area contributed by atoms with Gasteiger partial charge in [-0.1, -0.05) is 0 Å². The van der Waals surface area contributed by atoms with Crippen LogP contribution in [0.15, 0.2) is 18.2 Å². The van der Waals surface area contributed by atoms with Crippen LogP contribution < -0.4 is 20.1 Å². The third kappa shape index (κ3) is 3.03. The molecule has 0 radical (unpaired) electrons. The van der Waals surface area contributed by atoms with Gasteiger partial charge >= 0.3 is 0 Å². The van der Waals surface area contributed by atoms with Crippen molar-refractivity contribution in [1.29, 1.82) is 0 Å². The molecule has 0 aliphatic heterocycles. The van der Waals surface area contributed by atoms with Crippen LogP contribution in [0.3, 0.4) is 0 Å². The average molecular weight is 238 g/mol. The fourth-order valence-electron chi connectivity index (χ4n) is 1.88. The number of benzene rings is 1. The van der Waals surface area contributed by atoms with Crippen LogP contribution in [0.1, 0.15) is 13.8 Å². The highest BCUT2D eigenvalue weighted by molar-refractivity contribution is 5.56. The highest BCUT2D eigenvalue weighted by atomic mass is 16.5. The number of hydrogen-bond acceptors (Lipinski definition) is 4. The molecule has 4 nitrogen and oxygen atoms in total. The number of likely N-dealkylation sites (N-methyl/N-ethyl adjacent to an activating group) is 1. The maximum absolute atomic E-state index is 5.71. The molecule has 1 aromatic rings. The van der Waals surface area contributed by atoms with Gasteiger partial charge in [0.25, 0.3) is 0 Å². The van der Waals surface area contributed by atoms with Crippen LogP contribution in [0.2, 0.25) is 0 Å². The van der Waals surface area contributed by atoms with Gasteiger partial charge in [-0.3, -0.25) is 0 Å². The van der Waals surface area contributed by atoms with E-state index in [1.165, 1.54) is 0 Å². The maximum atomic E-state index is 5.71. The predicted molar refractivity (Wildman–Crippen MR) is 71.1 cm³/mol. The zero-order valence-electron chi connectivity index (χ0n) is 11.1. The van der Waals surface area contributed by atoms with Gasteiger partial charge in [-0.05, 0) is 26.0 Å².